The van der Waals surface area contributed by atoms with E-state index in [1.54, 1.807) is 40.1 Å². The quantitative estimate of drug-likeness (QED) is 0.479. The summed E-state index contributed by atoms with van der Waals surface area (Å²) in [6.45, 7) is -0.0230. The Balaban J connectivity index is 1.35. The highest BCUT2D eigenvalue weighted by Gasteiger charge is 2.14. The molecule has 0 atom stereocenters. The fourth-order valence-corrected chi connectivity index (χ4v) is 3.70. The molecule has 1 aromatic carbocycles. The molecular formula is C19H14N6O3S. The van der Waals surface area contributed by atoms with E-state index < -0.39 is 5.76 Å². The van der Waals surface area contributed by atoms with Crippen molar-refractivity contribution in [2.45, 2.75) is 13.1 Å². The van der Waals surface area contributed by atoms with E-state index in [2.05, 4.69) is 20.6 Å². The number of nitrogens with zero attached hydrogens (tertiary/aromatic N) is 5. The van der Waals surface area contributed by atoms with Gasteiger partial charge in [-0.1, -0.05) is 12.1 Å². The van der Waals surface area contributed by atoms with Crippen LogP contribution in [-0.4, -0.2) is 30.3 Å². The zero-order chi connectivity index (χ0) is 19.8. The highest BCUT2D eigenvalue weighted by molar-refractivity contribution is 7.08. The molecule has 4 aromatic heterocycles. The summed E-state index contributed by atoms with van der Waals surface area (Å²) >= 11 is 1.59. The van der Waals surface area contributed by atoms with Crippen LogP contribution in [0.1, 0.15) is 5.82 Å². The van der Waals surface area contributed by atoms with Crippen molar-refractivity contribution in [3.8, 4) is 11.3 Å². The lowest BCUT2D eigenvalue weighted by Crippen LogP contribution is -2.31. The van der Waals surface area contributed by atoms with E-state index in [0.717, 1.165) is 11.3 Å². The molecule has 0 aliphatic rings. The number of fused-ring (bicyclic) bond motifs is 2. The normalized spacial score (nSPS) is 11.3. The summed E-state index contributed by atoms with van der Waals surface area (Å²) in [5.41, 5.74) is 3.40. The molecule has 9 nitrogen and oxygen atoms in total. The van der Waals surface area contributed by atoms with Gasteiger partial charge in [-0.15, -0.1) is 10.2 Å². The average Bonchev–Trinajstić information content (AvgIpc) is 3.46. The molecule has 0 aliphatic carbocycles. The van der Waals surface area contributed by atoms with Crippen LogP contribution in [0.25, 0.3) is 28.0 Å². The Morgan fingerprint density at radius 2 is 2.03 bits per heavy atom. The largest absolute Gasteiger partial charge is 0.420 e. The van der Waals surface area contributed by atoms with Crippen LogP contribution in [0.3, 0.4) is 0 Å². The molecule has 0 saturated heterocycles. The molecule has 1 N–H and O–H groups in total. The Kier molecular flexibility index (Phi) is 4.17. The summed E-state index contributed by atoms with van der Waals surface area (Å²) in [4.78, 5) is 24.4. The monoisotopic (exact) mass is 406 g/mol. The van der Waals surface area contributed by atoms with E-state index in [-0.39, 0.29) is 19.0 Å². The Bertz CT molecular complexity index is 1380. The predicted molar refractivity (Wildman–Crippen MR) is 106 cm³/mol. The number of thiophene rings is 1. The van der Waals surface area contributed by atoms with Crippen molar-refractivity contribution in [1.82, 2.24) is 29.7 Å². The Morgan fingerprint density at radius 1 is 1.14 bits per heavy atom. The lowest BCUT2D eigenvalue weighted by Gasteiger charge is -2.05. The third-order valence-electron chi connectivity index (χ3n) is 4.46. The van der Waals surface area contributed by atoms with Gasteiger partial charge in [-0.2, -0.15) is 21.0 Å². The first-order valence-electron chi connectivity index (χ1n) is 8.78. The summed E-state index contributed by atoms with van der Waals surface area (Å²) in [5.74, 6) is -0.421. The molecule has 5 rings (SSSR count). The zero-order valence-corrected chi connectivity index (χ0v) is 15.8. The van der Waals surface area contributed by atoms with E-state index in [4.69, 9.17) is 4.42 Å². The van der Waals surface area contributed by atoms with Gasteiger partial charge in [0.05, 0.1) is 17.8 Å². The number of amides is 1. The van der Waals surface area contributed by atoms with Gasteiger partial charge in [-0.05, 0) is 35.7 Å². The van der Waals surface area contributed by atoms with Crippen molar-refractivity contribution in [2.24, 2.45) is 0 Å². The minimum Gasteiger partial charge on any atom is -0.408 e. The molecule has 4 heterocycles. The standard InChI is InChI=1S/C19H14N6O3S/c26-18(10-24-14-3-1-2-4-15(14)28-19(24)27)20-9-17-22-21-16-6-5-13(23-25(16)17)12-7-8-29-11-12/h1-8,11H,9-10H2,(H,20,26). The number of aromatic nitrogens is 5. The summed E-state index contributed by atoms with van der Waals surface area (Å²) < 4.78 is 8.04. The molecule has 0 unspecified atom stereocenters. The maximum Gasteiger partial charge on any atom is 0.420 e. The summed E-state index contributed by atoms with van der Waals surface area (Å²) in [6.07, 6.45) is 0. The van der Waals surface area contributed by atoms with Gasteiger partial charge in [0.1, 0.15) is 6.54 Å². The minimum atomic E-state index is -0.573. The van der Waals surface area contributed by atoms with Crippen LogP contribution in [0.15, 0.2) is 62.4 Å². The topological polar surface area (TPSA) is 107 Å². The molecule has 1 amide bonds. The third-order valence-corrected chi connectivity index (χ3v) is 5.15. The molecule has 0 spiro atoms. The van der Waals surface area contributed by atoms with E-state index >= 15 is 0 Å². The van der Waals surface area contributed by atoms with Gasteiger partial charge in [0, 0.05) is 10.9 Å². The third kappa shape index (κ3) is 3.19. The van der Waals surface area contributed by atoms with E-state index in [0.29, 0.717) is 22.6 Å². The van der Waals surface area contributed by atoms with Crippen LogP contribution in [0.4, 0.5) is 0 Å². The predicted octanol–water partition coefficient (Wildman–Crippen LogP) is 2.08. The van der Waals surface area contributed by atoms with E-state index in [1.165, 1.54) is 4.57 Å². The molecule has 10 heteroatoms. The number of hydrogen-bond acceptors (Lipinski definition) is 7. The molecule has 29 heavy (non-hydrogen) atoms. The van der Waals surface area contributed by atoms with Crippen molar-refractivity contribution in [1.29, 1.82) is 0 Å². The van der Waals surface area contributed by atoms with Gasteiger partial charge in [0.2, 0.25) is 5.91 Å². The molecule has 144 valence electrons. The molecular weight excluding hydrogens is 392 g/mol. The molecule has 5 aromatic rings. The second-order valence-corrected chi connectivity index (χ2v) is 7.10. The summed E-state index contributed by atoms with van der Waals surface area (Å²) in [5, 5.41) is 19.5. The highest BCUT2D eigenvalue weighted by atomic mass is 32.1. The van der Waals surface area contributed by atoms with E-state index in [9.17, 15) is 9.59 Å². The molecule has 0 saturated carbocycles. The zero-order valence-electron chi connectivity index (χ0n) is 15.0. The minimum absolute atomic E-state index is 0.130. The number of nitrogens with one attached hydrogen (secondary N) is 1. The number of oxazole rings is 1. The second-order valence-electron chi connectivity index (χ2n) is 6.32. The van der Waals surface area contributed by atoms with Gasteiger partial charge in [0.15, 0.2) is 17.1 Å². The maximum absolute atomic E-state index is 12.4. The number of carbonyl (C=O) groups excluding carboxylic acids is 1. The molecule has 0 bridgehead atoms. The number of para-hydroxylation sites is 2. The Labute approximate surface area is 167 Å². The van der Waals surface area contributed by atoms with Crippen LogP contribution in [0, 0.1) is 0 Å². The first-order valence-corrected chi connectivity index (χ1v) is 9.72. The SMILES string of the molecule is O=C(Cn1c(=O)oc2ccccc21)NCc1nnc2ccc(-c3ccsc3)nn12. The lowest BCUT2D eigenvalue weighted by molar-refractivity contribution is -0.121. The average molecular weight is 406 g/mol. The van der Waals surface area contributed by atoms with Crippen LogP contribution >= 0.6 is 11.3 Å². The van der Waals surface area contributed by atoms with Crippen molar-refractivity contribution >= 4 is 34.0 Å². The van der Waals surface area contributed by atoms with Crippen LogP contribution in [0.5, 0.6) is 0 Å². The number of carbonyl (C=O) groups is 1. The van der Waals surface area contributed by atoms with Crippen molar-refractivity contribution in [3.05, 3.63) is 69.6 Å². The lowest BCUT2D eigenvalue weighted by atomic mass is 10.2. The summed E-state index contributed by atoms with van der Waals surface area (Å²) in [7, 11) is 0. The Hall–Kier alpha value is -3.79. The van der Waals surface area contributed by atoms with Gasteiger partial charge in [-0.3, -0.25) is 9.36 Å². The number of rotatable bonds is 5. The number of benzene rings is 1. The Morgan fingerprint density at radius 3 is 2.90 bits per heavy atom. The van der Waals surface area contributed by atoms with Gasteiger partial charge < -0.3 is 9.73 Å². The van der Waals surface area contributed by atoms with Crippen LogP contribution < -0.4 is 11.1 Å². The first kappa shape index (κ1) is 17.3. The summed E-state index contributed by atoms with van der Waals surface area (Å²) in [6, 6.07) is 12.7. The molecule has 0 aliphatic heterocycles. The second kappa shape index (κ2) is 6.99. The number of hydrogen-bond donors (Lipinski definition) is 1. The maximum atomic E-state index is 12.4. The highest BCUT2D eigenvalue weighted by Crippen LogP contribution is 2.20. The van der Waals surface area contributed by atoms with Crippen LogP contribution in [-0.2, 0) is 17.9 Å². The fourth-order valence-electron chi connectivity index (χ4n) is 3.05. The van der Waals surface area contributed by atoms with Crippen molar-refractivity contribution in [3.63, 3.8) is 0 Å². The molecule has 0 fully saturated rings. The smallest absolute Gasteiger partial charge is 0.408 e. The first-order chi connectivity index (χ1) is 14.2. The van der Waals surface area contributed by atoms with Gasteiger partial charge in [0.25, 0.3) is 0 Å². The van der Waals surface area contributed by atoms with Gasteiger partial charge >= 0.3 is 5.76 Å². The molecule has 0 radical (unpaired) electrons. The fraction of sp³-hybridized carbons (Fsp3) is 0.105. The van der Waals surface area contributed by atoms with Crippen molar-refractivity contribution in [2.75, 3.05) is 0 Å². The van der Waals surface area contributed by atoms with E-state index in [1.807, 2.05) is 29.0 Å². The van der Waals surface area contributed by atoms with Gasteiger partial charge in [-0.25, -0.2) is 4.79 Å². The van der Waals surface area contributed by atoms with Crippen molar-refractivity contribution < 1.29 is 9.21 Å². The van der Waals surface area contributed by atoms with Crippen LogP contribution in [0.2, 0.25) is 0 Å².